The molecule has 2 N–H and O–H groups in total. The van der Waals surface area contributed by atoms with Gasteiger partial charge in [0.05, 0.1) is 6.54 Å². The lowest BCUT2D eigenvalue weighted by atomic mass is 10.1. The van der Waals surface area contributed by atoms with Gasteiger partial charge in [0, 0.05) is 22.9 Å². The molecule has 0 atom stereocenters. The lowest BCUT2D eigenvalue weighted by Crippen LogP contribution is -2.26. The molecule has 1 heterocycles. The summed E-state index contributed by atoms with van der Waals surface area (Å²) in [5, 5.41) is 2.46. The molecular formula is C14H13F2N3O2. The summed E-state index contributed by atoms with van der Waals surface area (Å²) in [5.41, 5.74) is -0.251. The summed E-state index contributed by atoms with van der Waals surface area (Å²) < 4.78 is 25.6. The van der Waals surface area contributed by atoms with Crippen molar-refractivity contribution < 1.29 is 13.6 Å². The molecule has 21 heavy (non-hydrogen) atoms. The zero-order valence-electron chi connectivity index (χ0n) is 11.2. The van der Waals surface area contributed by atoms with Gasteiger partial charge in [-0.15, -0.1) is 0 Å². The zero-order valence-corrected chi connectivity index (χ0v) is 11.2. The highest BCUT2D eigenvalue weighted by molar-refractivity contribution is 5.95. The van der Waals surface area contributed by atoms with E-state index in [0.717, 1.165) is 0 Å². The van der Waals surface area contributed by atoms with Crippen molar-refractivity contribution in [1.82, 2.24) is 15.3 Å². The van der Waals surface area contributed by atoms with Crippen molar-refractivity contribution in [2.75, 3.05) is 0 Å². The topological polar surface area (TPSA) is 74.8 Å². The van der Waals surface area contributed by atoms with Crippen LogP contribution in [0.15, 0.2) is 35.1 Å². The molecule has 2 aromatic rings. The molecule has 0 radical (unpaired) electrons. The number of aryl methyl sites for hydroxylation is 1. The van der Waals surface area contributed by atoms with E-state index in [1.165, 1.54) is 30.3 Å². The van der Waals surface area contributed by atoms with Crippen LogP contribution in [0.2, 0.25) is 0 Å². The van der Waals surface area contributed by atoms with Crippen LogP contribution in [0.4, 0.5) is 8.78 Å². The summed E-state index contributed by atoms with van der Waals surface area (Å²) >= 11 is 0. The third kappa shape index (κ3) is 3.71. The zero-order chi connectivity index (χ0) is 15.4. The van der Waals surface area contributed by atoms with E-state index >= 15 is 0 Å². The third-order valence-electron chi connectivity index (χ3n) is 2.78. The normalized spacial score (nSPS) is 10.7. The van der Waals surface area contributed by atoms with Crippen LogP contribution in [-0.4, -0.2) is 15.9 Å². The second-order valence-corrected chi connectivity index (χ2v) is 4.40. The van der Waals surface area contributed by atoms with Gasteiger partial charge in [-0.3, -0.25) is 9.59 Å². The van der Waals surface area contributed by atoms with Gasteiger partial charge in [0.25, 0.3) is 17.9 Å². The number of nitrogens with zero attached hydrogens (tertiary/aromatic N) is 1. The highest BCUT2D eigenvalue weighted by Gasteiger charge is 2.17. The number of rotatable bonds is 4. The number of aromatic amines is 1. The molecule has 0 aliphatic carbocycles. The first-order valence-corrected chi connectivity index (χ1v) is 6.19. The molecular weight excluding hydrogens is 280 g/mol. The van der Waals surface area contributed by atoms with Gasteiger partial charge in [-0.05, 0) is 13.0 Å². The Hall–Kier alpha value is -2.57. The van der Waals surface area contributed by atoms with Gasteiger partial charge in [0.1, 0.15) is 5.82 Å². The van der Waals surface area contributed by atoms with Crippen molar-refractivity contribution in [1.29, 1.82) is 0 Å². The van der Waals surface area contributed by atoms with Gasteiger partial charge < -0.3 is 10.3 Å². The number of alkyl halides is 2. The summed E-state index contributed by atoms with van der Waals surface area (Å²) in [6.07, 6.45) is -2.73. The number of amides is 1. The second kappa shape index (κ2) is 6.25. The first-order valence-electron chi connectivity index (χ1n) is 6.19. The van der Waals surface area contributed by atoms with E-state index in [2.05, 4.69) is 15.3 Å². The molecule has 1 aromatic heterocycles. The molecule has 0 aliphatic heterocycles. The Morgan fingerprint density at radius 3 is 2.76 bits per heavy atom. The number of hydrogen-bond acceptors (Lipinski definition) is 3. The average molecular weight is 293 g/mol. The van der Waals surface area contributed by atoms with Gasteiger partial charge in [-0.2, -0.15) is 0 Å². The molecule has 1 aromatic carbocycles. The fourth-order valence-corrected chi connectivity index (χ4v) is 1.88. The minimum absolute atomic E-state index is 0.0483. The lowest BCUT2D eigenvalue weighted by Gasteiger charge is -2.09. The quantitative estimate of drug-likeness (QED) is 0.904. The average Bonchev–Trinajstić information content (AvgIpc) is 2.43. The predicted molar refractivity (Wildman–Crippen MR) is 72.2 cm³/mol. The van der Waals surface area contributed by atoms with E-state index in [1.807, 2.05) is 0 Å². The highest BCUT2D eigenvalue weighted by Crippen LogP contribution is 2.22. The maximum atomic E-state index is 12.8. The standard InChI is InChI=1S/C14H13F2N3O2/c1-8-6-12(20)19-11(18-8)7-17-14(21)10-5-3-2-4-9(10)13(15)16/h2-6,13H,7H2,1H3,(H,17,21)(H,18,19,20). The van der Waals surface area contributed by atoms with Crippen LogP contribution in [0.1, 0.15) is 33.9 Å². The molecule has 0 unspecified atom stereocenters. The van der Waals surface area contributed by atoms with Crippen molar-refractivity contribution in [3.63, 3.8) is 0 Å². The van der Waals surface area contributed by atoms with Crippen LogP contribution in [0.25, 0.3) is 0 Å². The van der Waals surface area contributed by atoms with E-state index in [1.54, 1.807) is 6.92 Å². The Bertz CT molecular complexity index is 713. The van der Waals surface area contributed by atoms with Gasteiger partial charge >= 0.3 is 0 Å². The van der Waals surface area contributed by atoms with Gasteiger partial charge in [-0.25, -0.2) is 13.8 Å². The molecule has 110 valence electrons. The fraction of sp³-hybridized carbons (Fsp3) is 0.214. The number of aromatic nitrogens is 2. The van der Waals surface area contributed by atoms with E-state index in [4.69, 9.17) is 0 Å². The van der Waals surface area contributed by atoms with Crippen LogP contribution in [0.3, 0.4) is 0 Å². The minimum Gasteiger partial charge on any atom is -0.345 e. The van der Waals surface area contributed by atoms with Crippen molar-refractivity contribution in [2.45, 2.75) is 19.9 Å². The van der Waals surface area contributed by atoms with Gasteiger partial charge in [0.15, 0.2) is 0 Å². The Kier molecular flexibility index (Phi) is 4.42. The van der Waals surface area contributed by atoms with Gasteiger partial charge in [-0.1, -0.05) is 18.2 Å². The second-order valence-electron chi connectivity index (χ2n) is 4.40. The first-order chi connectivity index (χ1) is 9.97. The number of carbonyl (C=O) groups is 1. The minimum atomic E-state index is -2.73. The van der Waals surface area contributed by atoms with E-state index in [-0.39, 0.29) is 29.1 Å². The fourth-order valence-electron chi connectivity index (χ4n) is 1.88. The molecule has 0 saturated heterocycles. The Morgan fingerprint density at radius 1 is 1.38 bits per heavy atom. The van der Waals surface area contributed by atoms with Gasteiger partial charge in [0.2, 0.25) is 0 Å². The molecule has 0 bridgehead atoms. The molecule has 1 amide bonds. The smallest absolute Gasteiger partial charge is 0.264 e. The summed E-state index contributed by atoms with van der Waals surface area (Å²) in [6.45, 7) is 1.60. The molecule has 0 fully saturated rings. The molecule has 5 nitrogen and oxygen atoms in total. The van der Waals surface area contributed by atoms with Crippen LogP contribution in [-0.2, 0) is 6.54 Å². The largest absolute Gasteiger partial charge is 0.345 e. The van der Waals surface area contributed by atoms with E-state index in [9.17, 15) is 18.4 Å². The monoisotopic (exact) mass is 293 g/mol. The molecule has 0 spiro atoms. The number of benzene rings is 1. The summed E-state index contributed by atoms with van der Waals surface area (Å²) in [4.78, 5) is 29.7. The first kappa shape index (κ1) is 14.8. The summed E-state index contributed by atoms with van der Waals surface area (Å²) in [7, 11) is 0. The predicted octanol–water partition coefficient (Wildman–Crippen LogP) is 1.95. The molecule has 0 aliphatic rings. The Labute approximate surface area is 119 Å². The van der Waals surface area contributed by atoms with Crippen LogP contribution in [0, 0.1) is 6.92 Å². The molecule has 0 saturated carbocycles. The Balaban J connectivity index is 2.14. The van der Waals surface area contributed by atoms with Crippen LogP contribution in [0.5, 0.6) is 0 Å². The maximum Gasteiger partial charge on any atom is 0.264 e. The maximum absolute atomic E-state index is 12.8. The summed E-state index contributed by atoms with van der Waals surface area (Å²) in [5.74, 6) is -0.377. The number of nitrogens with one attached hydrogen (secondary N) is 2. The van der Waals surface area contributed by atoms with Crippen molar-refractivity contribution in [3.05, 3.63) is 63.3 Å². The van der Waals surface area contributed by atoms with Crippen LogP contribution >= 0.6 is 0 Å². The third-order valence-corrected chi connectivity index (χ3v) is 2.78. The van der Waals surface area contributed by atoms with Crippen molar-refractivity contribution in [2.24, 2.45) is 0 Å². The van der Waals surface area contributed by atoms with Crippen LogP contribution < -0.4 is 10.9 Å². The Morgan fingerprint density at radius 2 is 2.10 bits per heavy atom. The van der Waals surface area contributed by atoms with E-state index in [0.29, 0.717) is 5.69 Å². The highest BCUT2D eigenvalue weighted by atomic mass is 19.3. The van der Waals surface area contributed by atoms with E-state index < -0.39 is 12.3 Å². The SMILES string of the molecule is Cc1cc(=O)[nH]c(CNC(=O)c2ccccc2C(F)F)n1. The lowest BCUT2D eigenvalue weighted by molar-refractivity contribution is 0.0936. The summed E-state index contributed by atoms with van der Waals surface area (Å²) in [6, 6.07) is 6.79. The molecule has 2 rings (SSSR count). The number of carbonyl (C=O) groups excluding carboxylic acids is 1. The van der Waals surface area contributed by atoms with Crippen molar-refractivity contribution >= 4 is 5.91 Å². The van der Waals surface area contributed by atoms with Crippen molar-refractivity contribution in [3.8, 4) is 0 Å². The number of hydrogen-bond donors (Lipinski definition) is 2. The number of H-pyrrole nitrogens is 1. The number of halogens is 2. The molecule has 7 heteroatoms.